The fourth-order valence-corrected chi connectivity index (χ4v) is 5.82. The van der Waals surface area contributed by atoms with Crippen molar-refractivity contribution in [1.29, 1.82) is 0 Å². The van der Waals surface area contributed by atoms with Crippen LogP contribution in [-0.4, -0.2) is 30.3 Å². The number of amidine groups is 1. The lowest BCUT2D eigenvalue weighted by molar-refractivity contribution is 0.0636. The minimum absolute atomic E-state index is 0.0843. The Morgan fingerprint density at radius 1 is 1.10 bits per heavy atom. The average molecular weight is 458 g/mol. The Hall–Kier alpha value is -2.91. The highest BCUT2D eigenvalue weighted by Crippen LogP contribution is 2.41. The van der Waals surface area contributed by atoms with E-state index in [0.29, 0.717) is 10.8 Å². The molecule has 1 amide bonds. The van der Waals surface area contributed by atoms with Gasteiger partial charge < -0.3 is 4.74 Å². The molecule has 2 unspecified atom stereocenters. The molecule has 0 aliphatic carbocycles. The average Bonchev–Trinajstić information content (AvgIpc) is 3.34. The first kappa shape index (κ1) is 21.3. The zero-order chi connectivity index (χ0) is 22.2. The first-order valence-corrected chi connectivity index (χ1v) is 12.0. The predicted octanol–water partition coefficient (Wildman–Crippen LogP) is 4.94. The van der Waals surface area contributed by atoms with Gasteiger partial charge in [0.05, 0.1) is 9.90 Å². The maximum absolute atomic E-state index is 13.1. The smallest absolute Gasteiger partial charge is 0.412 e. The minimum atomic E-state index is -3.73. The summed E-state index contributed by atoms with van der Waals surface area (Å²) >= 11 is 1.43. The number of benzene rings is 1. The Morgan fingerprint density at radius 2 is 1.84 bits per heavy atom. The van der Waals surface area contributed by atoms with E-state index in [1.807, 2.05) is 45.1 Å². The van der Waals surface area contributed by atoms with E-state index >= 15 is 0 Å². The first-order chi connectivity index (χ1) is 14.6. The van der Waals surface area contributed by atoms with Gasteiger partial charge in [-0.1, -0.05) is 30.4 Å². The fraction of sp³-hybridized carbons (Fsp3) is 0.273. The molecule has 0 saturated carbocycles. The summed E-state index contributed by atoms with van der Waals surface area (Å²) in [6.07, 6.45) is 6.49. The number of nitrogens with one attached hydrogen (secondary N) is 1. The highest BCUT2D eigenvalue weighted by Gasteiger charge is 2.39. The van der Waals surface area contributed by atoms with E-state index < -0.39 is 21.7 Å². The lowest BCUT2D eigenvalue weighted by Gasteiger charge is -2.26. The van der Waals surface area contributed by atoms with Crippen molar-refractivity contribution < 1.29 is 17.9 Å². The number of sulfonamides is 1. The van der Waals surface area contributed by atoms with Gasteiger partial charge in [0.15, 0.2) is 0 Å². The van der Waals surface area contributed by atoms with Crippen molar-refractivity contribution in [2.75, 3.05) is 5.32 Å². The van der Waals surface area contributed by atoms with E-state index in [2.05, 4.69) is 10.3 Å². The number of anilines is 1. The molecule has 4 rings (SSSR count). The van der Waals surface area contributed by atoms with E-state index in [1.165, 1.54) is 15.6 Å². The normalized spacial score (nSPS) is 20.4. The Morgan fingerprint density at radius 3 is 2.55 bits per heavy atom. The molecular formula is C22H23N3O4S2. The summed E-state index contributed by atoms with van der Waals surface area (Å²) in [7, 11) is -3.73. The van der Waals surface area contributed by atoms with Crippen LogP contribution in [0.1, 0.15) is 31.6 Å². The van der Waals surface area contributed by atoms with Gasteiger partial charge in [0.2, 0.25) is 0 Å². The summed E-state index contributed by atoms with van der Waals surface area (Å²) in [6.45, 7) is 5.42. The molecule has 1 aromatic carbocycles. The zero-order valence-corrected chi connectivity index (χ0v) is 19.0. The molecule has 9 heteroatoms. The predicted molar refractivity (Wildman–Crippen MR) is 122 cm³/mol. The molecule has 2 atom stereocenters. The second-order valence-electron chi connectivity index (χ2n) is 8.16. The van der Waals surface area contributed by atoms with Crippen molar-refractivity contribution >= 4 is 38.3 Å². The minimum Gasteiger partial charge on any atom is -0.444 e. The number of fused-ring (bicyclic) bond motifs is 1. The first-order valence-electron chi connectivity index (χ1n) is 9.77. The van der Waals surface area contributed by atoms with Crippen LogP contribution in [-0.2, 0) is 14.8 Å². The number of aliphatic imine (C=N–C) groups is 1. The maximum Gasteiger partial charge on any atom is 0.412 e. The van der Waals surface area contributed by atoms with Gasteiger partial charge in [-0.15, -0.1) is 11.3 Å². The van der Waals surface area contributed by atoms with Crippen LogP contribution in [0.5, 0.6) is 0 Å². The number of thiophene rings is 1. The van der Waals surface area contributed by atoms with Crippen molar-refractivity contribution in [1.82, 2.24) is 4.31 Å². The molecule has 0 fully saturated rings. The zero-order valence-electron chi connectivity index (χ0n) is 17.3. The molecule has 2 aliphatic rings. The fourth-order valence-electron chi connectivity index (χ4n) is 3.42. The summed E-state index contributed by atoms with van der Waals surface area (Å²) in [6, 6.07) is 12.1. The number of nitrogens with zero attached hydrogens (tertiary/aromatic N) is 2. The summed E-state index contributed by atoms with van der Waals surface area (Å²) in [5.41, 5.74) is -0.579. The van der Waals surface area contributed by atoms with Gasteiger partial charge in [0, 0.05) is 29.1 Å². The Bertz CT molecular complexity index is 1170. The van der Waals surface area contributed by atoms with Gasteiger partial charge >= 0.3 is 6.09 Å². The van der Waals surface area contributed by atoms with Crippen LogP contribution >= 0.6 is 11.3 Å². The topological polar surface area (TPSA) is 88.1 Å². The largest absolute Gasteiger partial charge is 0.444 e. The number of hydrogen-bond acceptors (Lipinski definition) is 6. The molecule has 2 aliphatic heterocycles. The van der Waals surface area contributed by atoms with Crippen LogP contribution in [0.25, 0.3) is 0 Å². The monoisotopic (exact) mass is 457 g/mol. The number of allylic oxidation sites excluding steroid dienone is 1. The van der Waals surface area contributed by atoms with Crippen LogP contribution in [0.3, 0.4) is 0 Å². The van der Waals surface area contributed by atoms with Crippen LogP contribution in [0.2, 0.25) is 0 Å². The van der Waals surface area contributed by atoms with Gasteiger partial charge in [-0.3, -0.25) is 5.32 Å². The van der Waals surface area contributed by atoms with Crippen molar-refractivity contribution in [2.45, 2.75) is 37.2 Å². The number of carbonyl (C=O) groups excluding carboxylic acids is 1. The quantitative estimate of drug-likeness (QED) is 0.704. The lowest BCUT2D eigenvalue weighted by Crippen LogP contribution is -2.34. The third-order valence-corrected chi connectivity index (χ3v) is 7.52. The Kier molecular flexibility index (Phi) is 5.49. The Labute approximate surface area is 185 Å². The molecule has 1 aromatic heterocycles. The molecule has 1 N–H and O–H groups in total. The highest BCUT2D eigenvalue weighted by atomic mass is 32.2. The van der Waals surface area contributed by atoms with Crippen molar-refractivity contribution in [3.8, 4) is 0 Å². The van der Waals surface area contributed by atoms with E-state index in [-0.39, 0.29) is 16.7 Å². The standard InChI is InChI=1S/C22H23N3O4S2/c1-22(2,3)29-21(26)24-19-10-9-18(30-19)16-11-13-23-20-17(16)12-14-25(20)31(27,28)15-7-5-4-6-8-15/h4-14,16-17H,1-3H3,(H,24,26). The molecule has 2 aromatic rings. The van der Waals surface area contributed by atoms with Crippen LogP contribution in [0.15, 0.2) is 76.9 Å². The SMILES string of the molecule is CC(C)(C)OC(=O)Nc1ccc(C2C=CN=C3C2C=CN3S(=O)(=O)c2ccccc2)s1. The third kappa shape index (κ3) is 4.42. The lowest BCUT2D eigenvalue weighted by atomic mass is 9.89. The molecule has 162 valence electrons. The molecule has 0 spiro atoms. The van der Waals surface area contributed by atoms with Crippen LogP contribution < -0.4 is 5.32 Å². The molecule has 3 heterocycles. The van der Waals surface area contributed by atoms with Gasteiger partial charge in [-0.25, -0.2) is 22.5 Å². The number of ether oxygens (including phenoxy) is 1. The molecule has 31 heavy (non-hydrogen) atoms. The summed E-state index contributed by atoms with van der Waals surface area (Å²) in [5.74, 6) is 0.168. The second kappa shape index (κ2) is 7.97. The second-order valence-corrected chi connectivity index (χ2v) is 11.1. The molecular weight excluding hydrogens is 434 g/mol. The van der Waals surface area contributed by atoms with Gasteiger partial charge in [-0.05, 0) is 45.0 Å². The molecule has 7 nitrogen and oxygen atoms in total. The van der Waals surface area contributed by atoms with E-state index in [0.717, 1.165) is 4.88 Å². The third-order valence-electron chi connectivity index (χ3n) is 4.72. The molecule has 0 saturated heterocycles. The molecule has 0 radical (unpaired) electrons. The maximum atomic E-state index is 13.1. The Balaban J connectivity index is 1.52. The number of amides is 1. The van der Waals surface area contributed by atoms with Crippen molar-refractivity contribution in [3.05, 3.63) is 71.9 Å². The summed E-state index contributed by atoms with van der Waals surface area (Å²) in [5, 5.41) is 3.42. The number of rotatable bonds is 4. The highest BCUT2D eigenvalue weighted by molar-refractivity contribution is 7.89. The van der Waals surface area contributed by atoms with Crippen LogP contribution in [0.4, 0.5) is 9.80 Å². The van der Waals surface area contributed by atoms with Gasteiger partial charge in [0.1, 0.15) is 11.4 Å². The van der Waals surface area contributed by atoms with Crippen molar-refractivity contribution in [3.63, 3.8) is 0 Å². The van der Waals surface area contributed by atoms with E-state index in [9.17, 15) is 13.2 Å². The van der Waals surface area contributed by atoms with Gasteiger partial charge in [0.25, 0.3) is 10.0 Å². The van der Waals surface area contributed by atoms with E-state index in [1.54, 1.807) is 42.7 Å². The van der Waals surface area contributed by atoms with Crippen molar-refractivity contribution in [2.24, 2.45) is 10.9 Å². The number of hydrogen-bond donors (Lipinski definition) is 1. The van der Waals surface area contributed by atoms with Gasteiger partial charge in [-0.2, -0.15) is 0 Å². The molecule has 0 bridgehead atoms. The summed E-state index contributed by atoms with van der Waals surface area (Å²) in [4.78, 5) is 17.6. The summed E-state index contributed by atoms with van der Waals surface area (Å²) < 4.78 is 32.7. The number of carbonyl (C=O) groups is 1. The van der Waals surface area contributed by atoms with E-state index in [4.69, 9.17) is 4.74 Å². The van der Waals surface area contributed by atoms with Crippen LogP contribution in [0, 0.1) is 5.92 Å².